The van der Waals surface area contributed by atoms with E-state index in [9.17, 15) is 0 Å². The van der Waals surface area contributed by atoms with Gasteiger partial charge in [0.25, 0.3) is 0 Å². The number of hydrazine groups is 1. The molecule has 0 fully saturated rings. The van der Waals surface area contributed by atoms with E-state index in [-0.39, 0.29) is 0 Å². The Morgan fingerprint density at radius 2 is 2.27 bits per heavy atom. The normalized spacial score (nSPS) is 10.5. The first-order chi connectivity index (χ1) is 5.18. The van der Waals surface area contributed by atoms with Gasteiger partial charge in [-0.3, -0.25) is 10.8 Å². The monoisotopic (exact) mass is 151 g/mol. The zero-order valence-electron chi connectivity index (χ0n) is 6.91. The molecular weight excluding hydrogens is 138 g/mol. The molecule has 3 heteroatoms. The van der Waals surface area contributed by atoms with Gasteiger partial charge in [-0.2, -0.15) is 0 Å². The summed E-state index contributed by atoms with van der Waals surface area (Å²) in [4.78, 5) is 4.15. The summed E-state index contributed by atoms with van der Waals surface area (Å²) in [5.41, 5.74) is 2.18. The number of aromatic nitrogens is 1. The van der Waals surface area contributed by atoms with Crippen LogP contribution >= 0.6 is 0 Å². The van der Waals surface area contributed by atoms with Gasteiger partial charge in [-0.25, -0.2) is 5.01 Å². The van der Waals surface area contributed by atoms with Crippen molar-refractivity contribution >= 4 is 0 Å². The van der Waals surface area contributed by atoms with Gasteiger partial charge in [-0.05, 0) is 18.6 Å². The second kappa shape index (κ2) is 3.46. The van der Waals surface area contributed by atoms with Gasteiger partial charge in [-0.1, -0.05) is 6.07 Å². The van der Waals surface area contributed by atoms with Crippen LogP contribution in [0.2, 0.25) is 0 Å². The largest absolute Gasteiger partial charge is 0.269 e. The summed E-state index contributed by atoms with van der Waals surface area (Å²) in [6.45, 7) is 2.71. The van der Waals surface area contributed by atoms with Crippen molar-refractivity contribution in [2.24, 2.45) is 5.84 Å². The van der Waals surface area contributed by atoms with Gasteiger partial charge in [0.05, 0.1) is 0 Å². The zero-order chi connectivity index (χ0) is 8.27. The van der Waals surface area contributed by atoms with Gasteiger partial charge in [0.2, 0.25) is 0 Å². The third-order valence-electron chi connectivity index (χ3n) is 1.40. The predicted molar refractivity (Wildman–Crippen MR) is 44.6 cm³/mol. The molecule has 0 aliphatic rings. The third-order valence-corrected chi connectivity index (χ3v) is 1.40. The Labute approximate surface area is 66.8 Å². The van der Waals surface area contributed by atoms with E-state index >= 15 is 0 Å². The molecule has 0 aliphatic heterocycles. The fraction of sp³-hybridized carbons (Fsp3) is 0.375. The van der Waals surface area contributed by atoms with Crippen molar-refractivity contribution in [1.29, 1.82) is 0 Å². The van der Waals surface area contributed by atoms with Gasteiger partial charge in [0.15, 0.2) is 0 Å². The molecule has 1 heterocycles. The van der Waals surface area contributed by atoms with Crippen molar-refractivity contribution in [1.82, 2.24) is 9.99 Å². The van der Waals surface area contributed by atoms with Crippen molar-refractivity contribution in [2.45, 2.75) is 13.5 Å². The van der Waals surface area contributed by atoms with E-state index < -0.39 is 0 Å². The van der Waals surface area contributed by atoms with Crippen LogP contribution in [0.5, 0.6) is 0 Å². The zero-order valence-corrected chi connectivity index (χ0v) is 6.91. The highest BCUT2D eigenvalue weighted by molar-refractivity contribution is 5.12. The lowest BCUT2D eigenvalue weighted by Gasteiger charge is -2.08. The maximum Gasteiger partial charge on any atom is 0.0391 e. The lowest BCUT2D eigenvalue weighted by molar-refractivity contribution is 0.341. The number of rotatable bonds is 2. The second-order valence-corrected chi connectivity index (χ2v) is 2.72. The molecule has 11 heavy (non-hydrogen) atoms. The van der Waals surface area contributed by atoms with Crippen molar-refractivity contribution in [3.63, 3.8) is 0 Å². The topological polar surface area (TPSA) is 42.1 Å². The summed E-state index contributed by atoms with van der Waals surface area (Å²) in [6.07, 6.45) is 1.85. The molecule has 0 amide bonds. The van der Waals surface area contributed by atoms with E-state index in [1.54, 1.807) is 5.01 Å². The summed E-state index contributed by atoms with van der Waals surface area (Å²) in [7, 11) is 1.83. The molecule has 1 aromatic rings. The van der Waals surface area contributed by atoms with Crippen molar-refractivity contribution < 1.29 is 0 Å². The second-order valence-electron chi connectivity index (χ2n) is 2.72. The summed E-state index contributed by atoms with van der Waals surface area (Å²) in [6, 6.07) is 4.02. The third kappa shape index (κ3) is 2.65. The molecule has 0 bridgehead atoms. The van der Waals surface area contributed by atoms with Gasteiger partial charge >= 0.3 is 0 Å². The number of hydrogen-bond acceptors (Lipinski definition) is 3. The molecule has 0 saturated heterocycles. The Morgan fingerprint density at radius 1 is 1.55 bits per heavy atom. The Morgan fingerprint density at radius 3 is 2.73 bits per heavy atom. The number of nitrogens with two attached hydrogens (primary N) is 1. The minimum Gasteiger partial charge on any atom is -0.269 e. The van der Waals surface area contributed by atoms with Crippen molar-refractivity contribution in [3.05, 3.63) is 29.6 Å². The number of pyridine rings is 1. The first kappa shape index (κ1) is 8.17. The fourth-order valence-electron chi connectivity index (χ4n) is 0.880. The average Bonchev–Trinajstić information content (AvgIpc) is 1.93. The molecule has 3 nitrogen and oxygen atoms in total. The van der Waals surface area contributed by atoms with Crippen LogP contribution in [0.4, 0.5) is 0 Å². The van der Waals surface area contributed by atoms with E-state index in [0.29, 0.717) is 0 Å². The minimum absolute atomic E-state index is 0.743. The molecule has 60 valence electrons. The lowest BCUT2D eigenvalue weighted by atomic mass is 10.2. The van der Waals surface area contributed by atoms with E-state index in [2.05, 4.69) is 4.98 Å². The predicted octanol–water partition coefficient (Wildman–Crippen LogP) is 0.696. The van der Waals surface area contributed by atoms with Crippen LogP contribution < -0.4 is 5.84 Å². The minimum atomic E-state index is 0.743. The first-order valence-corrected chi connectivity index (χ1v) is 3.56. The van der Waals surface area contributed by atoms with Crippen LogP contribution in [-0.2, 0) is 6.54 Å². The van der Waals surface area contributed by atoms with Crippen LogP contribution in [0.25, 0.3) is 0 Å². The van der Waals surface area contributed by atoms with Gasteiger partial charge in [0.1, 0.15) is 0 Å². The van der Waals surface area contributed by atoms with Crippen molar-refractivity contribution in [2.75, 3.05) is 7.05 Å². The first-order valence-electron chi connectivity index (χ1n) is 3.56. The Kier molecular flexibility index (Phi) is 2.57. The Hall–Kier alpha value is -0.930. The van der Waals surface area contributed by atoms with Crippen LogP contribution in [0, 0.1) is 6.92 Å². The van der Waals surface area contributed by atoms with Gasteiger partial charge in [-0.15, -0.1) is 0 Å². The van der Waals surface area contributed by atoms with Gasteiger partial charge < -0.3 is 0 Å². The van der Waals surface area contributed by atoms with E-state index in [4.69, 9.17) is 5.84 Å². The van der Waals surface area contributed by atoms with Crippen LogP contribution in [0.15, 0.2) is 18.3 Å². The fourth-order valence-corrected chi connectivity index (χ4v) is 0.880. The Bertz CT molecular complexity index is 215. The SMILES string of the molecule is Cc1ccc(CN(C)N)cn1. The van der Waals surface area contributed by atoms with E-state index in [1.165, 1.54) is 0 Å². The average molecular weight is 151 g/mol. The number of nitrogens with zero attached hydrogens (tertiary/aromatic N) is 2. The molecule has 1 rings (SSSR count). The van der Waals surface area contributed by atoms with Crippen LogP contribution in [0.3, 0.4) is 0 Å². The number of hydrogen-bond donors (Lipinski definition) is 1. The highest BCUT2D eigenvalue weighted by atomic mass is 15.4. The molecule has 0 unspecified atom stereocenters. The maximum absolute atomic E-state index is 5.47. The summed E-state index contributed by atoms with van der Waals surface area (Å²) in [5, 5.41) is 1.63. The lowest BCUT2D eigenvalue weighted by Crippen LogP contribution is -2.25. The Balaban J connectivity index is 2.66. The van der Waals surface area contributed by atoms with Crippen molar-refractivity contribution in [3.8, 4) is 0 Å². The smallest absolute Gasteiger partial charge is 0.0391 e. The molecule has 0 spiro atoms. The highest BCUT2D eigenvalue weighted by Crippen LogP contribution is 1.99. The van der Waals surface area contributed by atoms with Gasteiger partial charge in [0, 0.05) is 25.5 Å². The molecule has 2 N–H and O–H groups in total. The number of aryl methyl sites for hydroxylation is 1. The molecule has 0 aliphatic carbocycles. The maximum atomic E-state index is 5.47. The molecule has 0 radical (unpaired) electrons. The van der Waals surface area contributed by atoms with Crippen LogP contribution in [0.1, 0.15) is 11.3 Å². The van der Waals surface area contributed by atoms with E-state index in [1.807, 2.05) is 32.3 Å². The quantitative estimate of drug-likeness (QED) is 0.499. The standard InChI is InChI=1S/C8H13N3/c1-7-3-4-8(5-10-7)6-11(2)9/h3-5H,6,9H2,1-2H3. The molecular formula is C8H13N3. The summed E-state index contributed by atoms with van der Waals surface area (Å²) < 4.78 is 0. The van der Waals surface area contributed by atoms with Crippen LogP contribution in [-0.4, -0.2) is 17.0 Å². The highest BCUT2D eigenvalue weighted by Gasteiger charge is 1.94. The summed E-state index contributed by atoms with van der Waals surface area (Å²) in [5.74, 6) is 5.47. The van der Waals surface area contributed by atoms with E-state index in [0.717, 1.165) is 17.8 Å². The molecule has 0 aromatic carbocycles. The molecule has 0 saturated carbocycles. The molecule has 0 atom stereocenters. The molecule has 1 aromatic heterocycles. The summed E-state index contributed by atoms with van der Waals surface area (Å²) >= 11 is 0.